The van der Waals surface area contributed by atoms with E-state index in [0.29, 0.717) is 10.9 Å². The molecule has 2 heteroatoms. The largest absolute Gasteiger partial charge is 0.388 e. The van der Waals surface area contributed by atoms with Gasteiger partial charge in [0.15, 0.2) is 0 Å². The van der Waals surface area contributed by atoms with Gasteiger partial charge in [-0.1, -0.05) is 29.8 Å². The lowest BCUT2D eigenvalue weighted by atomic mass is 10.1. The van der Waals surface area contributed by atoms with Crippen molar-refractivity contribution in [2.75, 3.05) is 0 Å². The van der Waals surface area contributed by atoms with Gasteiger partial charge in [0.05, 0.1) is 6.10 Å². The van der Waals surface area contributed by atoms with Crippen molar-refractivity contribution in [1.82, 2.24) is 0 Å². The molecule has 0 unspecified atom stereocenters. The summed E-state index contributed by atoms with van der Waals surface area (Å²) in [5.41, 5.74) is 0.877. The van der Waals surface area contributed by atoms with Crippen molar-refractivity contribution in [1.29, 1.82) is 0 Å². The maximum atomic E-state index is 9.76. The molecule has 1 aromatic carbocycles. The van der Waals surface area contributed by atoms with E-state index >= 15 is 0 Å². The summed E-state index contributed by atoms with van der Waals surface area (Å²) < 4.78 is 0. The van der Waals surface area contributed by atoms with Gasteiger partial charge >= 0.3 is 0 Å². The number of hydrogen-bond donors (Lipinski definition) is 1. The smallest absolute Gasteiger partial charge is 0.0832 e. The SMILES string of the molecule is O[C@H](c1ccccc1Cl)C1CC1. The van der Waals surface area contributed by atoms with Crippen LogP contribution >= 0.6 is 11.6 Å². The van der Waals surface area contributed by atoms with E-state index in [9.17, 15) is 5.11 Å². The van der Waals surface area contributed by atoms with Gasteiger partial charge in [-0.2, -0.15) is 0 Å². The molecule has 0 amide bonds. The molecule has 0 spiro atoms. The first-order valence-electron chi connectivity index (χ1n) is 4.21. The van der Waals surface area contributed by atoms with Gasteiger partial charge in [0.2, 0.25) is 0 Å². The fraction of sp³-hybridized carbons (Fsp3) is 0.400. The zero-order chi connectivity index (χ0) is 8.55. The average Bonchev–Trinajstić information content (AvgIpc) is 2.86. The van der Waals surface area contributed by atoms with Crippen LogP contribution in [0.25, 0.3) is 0 Å². The van der Waals surface area contributed by atoms with E-state index in [1.165, 1.54) is 0 Å². The first-order valence-corrected chi connectivity index (χ1v) is 4.59. The number of halogens is 1. The molecule has 12 heavy (non-hydrogen) atoms. The van der Waals surface area contributed by atoms with Crippen molar-refractivity contribution in [2.45, 2.75) is 18.9 Å². The Morgan fingerprint density at radius 1 is 1.33 bits per heavy atom. The van der Waals surface area contributed by atoms with Gasteiger partial charge < -0.3 is 5.11 Å². The second-order valence-electron chi connectivity index (χ2n) is 3.30. The monoisotopic (exact) mass is 182 g/mol. The molecule has 1 nitrogen and oxygen atoms in total. The first-order chi connectivity index (χ1) is 5.79. The van der Waals surface area contributed by atoms with Gasteiger partial charge in [-0.15, -0.1) is 0 Å². The van der Waals surface area contributed by atoms with E-state index in [4.69, 9.17) is 11.6 Å². The molecular formula is C10H11ClO. The summed E-state index contributed by atoms with van der Waals surface area (Å²) in [7, 11) is 0. The van der Waals surface area contributed by atoms with Crippen LogP contribution in [0.2, 0.25) is 5.02 Å². The molecule has 0 aliphatic heterocycles. The highest BCUT2D eigenvalue weighted by Crippen LogP contribution is 2.42. The third-order valence-corrected chi connectivity index (χ3v) is 2.64. The summed E-state index contributed by atoms with van der Waals surface area (Å²) in [5, 5.41) is 10.4. The van der Waals surface area contributed by atoms with E-state index in [2.05, 4.69) is 0 Å². The molecule has 0 radical (unpaired) electrons. The van der Waals surface area contributed by atoms with Crippen molar-refractivity contribution in [2.24, 2.45) is 5.92 Å². The van der Waals surface area contributed by atoms with Crippen LogP contribution in [-0.4, -0.2) is 5.11 Å². The van der Waals surface area contributed by atoms with Gasteiger partial charge in [-0.25, -0.2) is 0 Å². The lowest BCUT2D eigenvalue weighted by Crippen LogP contribution is -1.99. The highest BCUT2D eigenvalue weighted by molar-refractivity contribution is 6.31. The Morgan fingerprint density at radius 2 is 2.00 bits per heavy atom. The van der Waals surface area contributed by atoms with Crippen LogP contribution in [0.1, 0.15) is 24.5 Å². The Kier molecular flexibility index (Phi) is 2.07. The Labute approximate surface area is 77.0 Å². The molecule has 1 aliphatic rings. The summed E-state index contributed by atoms with van der Waals surface area (Å²) >= 11 is 5.93. The molecule has 0 heterocycles. The van der Waals surface area contributed by atoms with Crippen molar-refractivity contribution >= 4 is 11.6 Å². The Hall–Kier alpha value is -0.530. The normalized spacial score (nSPS) is 19.2. The molecule has 1 aromatic rings. The number of aliphatic hydroxyl groups is 1. The van der Waals surface area contributed by atoms with E-state index in [-0.39, 0.29) is 6.10 Å². The summed E-state index contributed by atoms with van der Waals surface area (Å²) in [5.74, 6) is 0.449. The van der Waals surface area contributed by atoms with Crippen LogP contribution in [0.3, 0.4) is 0 Å². The quantitative estimate of drug-likeness (QED) is 0.746. The van der Waals surface area contributed by atoms with Gasteiger partial charge in [0.1, 0.15) is 0 Å². The Balaban J connectivity index is 2.25. The molecule has 2 rings (SSSR count). The third-order valence-electron chi connectivity index (χ3n) is 2.29. The van der Waals surface area contributed by atoms with E-state index in [0.717, 1.165) is 18.4 Å². The maximum Gasteiger partial charge on any atom is 0.0832 e. The van der Waals surface area contributed by atoms with E-state index in [1.54, 1.807) is 0 Å². The second kappa shape index (κ2) is 3.08. The number of rotatable bonds is 2. The highest BCUT2D eigenvalue weighted by atomic mass is 35.5. The average molecular weight is 183 g/mol. The van der Waals surface area contributed by atoms with Crippen molar-refractivity contribution in [3.63, 3.8) is 0 Å². The van der Waals surface area contributed by atoms with Crippen LogP contribution in [0.4, 0.5) is 0 Å². The second-order valence-corrected chi connectivity index (χ2v) is 3.71. The molecule has 64 valence electrons. The van der Waals surface area contributed by atoms with Crippen LogP contribution < -0.4 is 0 Å². The summed E-state index contributed by atoms with van der Waals surface area (Å²) in [6.07, 6.45) is 1.91. The standard InChI is InChI=1S/C10H11ClO/c11-9-4-2-1-3-8(9)10(12)7-5-6-7/h1-4,7,10,12H,5-6H2/t10-/m0/s1. The lowest BCUT2D eigenvalue weighted by molar-refractivity contribution is 0.154. The number of hydrogen-bond acceptors (Lipinski definition) is 1. The molecule has 0 bridgehead atoms. The van der Waals surface area contributed by atoms with Crippen LogP contribution in [0.5, 0.6) is 0 Å². The minimum Gasteiger partial charge on any atom is -0.388 e. The van der Waals surface area contributed by atoms with Gasteiger partial charge in [0.25, 0.3) is 0 Å². The molecular weight excluding hydrogens is 172 g/mol. The van der Waals surface area contributed by atoms with Gasteiger partial charge in [-0.05, 0) is 30.4 Å². The molecule has 0 saturated heterocycles. The van der Waals surface area contributed by atoms with Crippen molar-refractivity contribution in [3.05, 3.63) is 34.9 Å². The number of benzene rings is 1. The predicted molar refractivity (Wildman–Crippen MR) is 49.1 cm³/mol. The van der Waals surface area contributed by atoms with Crippen molar-refractivity contribution in [3.8, 4) is 0 Å². The van der Waals surface area contributed by atoms with E-state index in [1.807, 2.05) is 24.3 Å². The number of aliphatic hydroxyl groups excluding tert-OH is 1. The fourth-order valence-corrected chi connectivity index (χ4v) is 1.63. The molecule has 1 N–H and O–H groups in total. The molecule has 1 atom stereocenters. The van der Waals surface area contributed by atoms with Crippen molar-refractivity contribution < 1.29 is 5.11 Å². The van der Waals surface area contributed by atoms with Gasteiger partial charge in [-0.3, -0.25) is 0 Å². The van der Waals surface area contributed by atoms with Crippen LogP contribution in [0, 0.1) is 5.92 Å². The molecule has 1 fully saturated rings. The molecule has 1 aliphatic carbocycles. The minimum absolute atomic E-state index is 0.348. The predicted octanol–water partition coefficient (Wildman–Crippen LogP) is 2.78. The summed E-state index contributed by atoms with van der Waals surface area (Å²) in [6.45, 7) is 0. The fourth-order valence-electron chi connectivity index (χ4n) is 1.38. The Bertz CT molecular complexity index is 281. The minimum atomic E-state index is -0.348. The van der Waals surface area contributed by atoms with Crippen LogP contribution in [-0.2, 0) is 0 Å². The summed E-state index contributed by atoms with van der Waals surface area (Å²) in [6, 6.07) is 7.51. The van der Waals surface area contributed by atoms with E-state index < -0.39 is 0 Å². The third kappa shape index (κ3) is 1.47. The Morgan fingerprint density at radius 3 is 2.58 bits per heavy atom. The maximum absolute atomic E-state index is 9.76. The highest BCUT2D eigenvalue weighted by Gasteiger charge is 2.31. The van der Waals surface area contributed by atoms with Crippen LogP contribution in [0.15, 0.2) is 24.3 Å². The topological polar surface area (TPSA) is 20.2 Å². The zero-order valence-electron chi connectivity index (χ0n) is 6.70. The van der Waals surface area contributed by atoms with Gasteiger partial charge in [0, 0.05) is 5.02 Å². The zero-order valence-corrected chi connectivity index (χ0v) is 7.46. The lowest BCUT2D eigenvalue weighted by Gasteiger charge is -2.10. The summed E-state index contributed by atoms with van der Waals surface area (Å²) in [4.78, 5) is 0. The molecule has 1 saturated carbocycles. The first kappa shape index (κ1) is 8.09. The molecule has 0 aromatic heterocycles.